The summed E-state index contributed by atoms with van der Waals surface area (Å²) in [5.74, 6) is -0.474. The molecule has 0 radical (unpaired) electrons. The third kappa shape index (κ3) is 2.02. The van der Waals surface area contributed by atoms with E-state index >= 15 is 0 Å². The molecule has 90 valence electrons. The number of hydrogen-bond donors (Lipinski definition) is 1. The van der Waals surface area contributed by atoms with E-state index in [2.05, 4.69) is 0 Å². The molecular formula is C13H14O4. The maximum Gasteiger partial charge on any atom is 0.309 e. The topological polar surface area (TPSA) is 63.6 Å². The molecule has 0 aromatic heterocycles. The fraction of sp³-hybridized carbons (Fsp3) is 0.385. The van der Waals surface area contributed by atoms with Crippen LogP contribution >= 0.6 is 0 Å². The predicted octanol–water partition coefficient (Wildman–Crippen LogP) is 1.48. The summed E-state index contributed by atoms with van der Waals surface area (Å²) in [5, 5.41) is 9.92. The van der Waals surface area contributed by atoms with E-state index in [1.807, 2.05) is 6.07 Å². The van der Waals surface area contributed by atoms with Crippen LogP contribution in [-0.4, -0.2) is 24.5 Å². The number of fused-ring (bicyclic) bond motifs is 1. The normalized spacial score (nSPS) is 18.3. The number of aryl methyl sites for hydroxylation is 1. The van der Waals surface area contributed by atoms with Crippen molar-refractivity contribution >= 4 is 12.3 Å². The van der Waals surface area contributed by atoms with Gasteiger partial charge >= 0.3 is 5.97 Å². The van der Waals surface area contributed by atoms with E-state index in [0.717, 1.165) is 18.4 Å². The lowest BCUT2D eigenvalue weighted by Crippen LogP contribution is -2.24. The molecule has 0 saturated carbocycles. The lowest BCUT2D eigenvalue weighted by Gasteiger charge is -2.23. The maximum absolute atomic E-state index is 11.5. The van der Waals surface area contributed by atoms with Gasteiger partial charge in [-0.2, -0.15) is 0 Å². The van der Waals surface area contributed by atoms with Gasteiger partial charge in [-0.3, -0.25) is 9.59 Å². The van der Waals surface area contributed by atoms with Crippen LogP contribution in [-0.2, 0) is 22.4 Å². The van der Waals surface area contributed by atoms with E-state index in [-0.39, 0.29) is 23.2 Å². The van der Waals surface area contributed by atoms with Crippen LogP contribution < -0.4 is 0 Å². The van der Waals surface area contributed by atoms with E-state index in [4.69, 9.17) is 4.74 Å². The molecule has 1 atom stereocenters. The van der Waals surface area contributed by atoms with Crippen LogP contribution in [0.2, 0.25) is 0 Å². The molecule has 4 heteroatoms. The van der Waals surface area contributed by atoms with Gasteiger partial charge in [0.2, 0.25) is 0 Å². The van der Waals surface area contributed by atoms with E-state index in [9.17, 15) is 14.7 Å². The Morgan fingerprint density at radius 1 is 1.53 bits per heavy atom. The first-order chi connectivity index (χ1) is 8.17. The van der Waals surface area contributed by atoms with Crippen LogP contribution in [0.5, 0.6) is 5.75 Å². The summed E-state index contributed by atoms with van der Waals surface area (Å²) in [7, 11) is 1.36. The largest absolute Gasteiger partial charge is 0.507 e. The number of phenols is 1. The smallest absolute Gasteiger partial charge is 0.309 e. The van der Waals surface area contributed by atoms with Crippen LogP contribution in [0.25, 0.3) is 0 Å². The number of aldehydes is 1. The summed E-state index contributed by atoms with van der Waals surface area (Å²) in [5.41, 5.74) is 1.98. The molecule has 0 aliphatic heterocycles. The number of benzene rings is 1. The Hall–Kier alpha value is -1.84. The fourth-order valence-electron chi connectivity index (χ4n) is 2.30. The summed E-state index contributed by atoms with van der Waals surface area (Å²) in [6, 6.07) is 3.45. The number of rotatable bonds is 2. The molecule has 1 aliphatic rings. The van der Waals surface area contributed by atoms with Crippen molar-refractivity contribution in [2.75, 3.05) is 7.11 Å². The van der Waals surface area contributed by atoms with Crippen molar-refractivity contribution in [1.29, 1.82) is 0 Å². The van der Waals surface area contributed by atoms with E-state index in [0.29, 0.717) is 18.3 Å². The van der Waals surface area contributed by atoms with Crippen molar-refractivity contribution in [1.82, 2.24) is 0 Å². The third-order valence-electron chi connectivity index (χ3n) is 3.29. The Morgan fingerprint density at radius 3 is 2.94 bits per heavy atom. The third-order valence-corrected chi connectivity index (χ3v) is 3.29. The number of carbonyl (C=O) groups is 2. The molecule has 2 rings (SSSR count). The number of hydrogen-bond acceptors (Lipinski definition) is 4. The minimum absolute atomic E-state index is 0.00565. The van der Waals surface area contributed by atoms with Crippen LogP contribution in [0.15, 0.2) is 12.1 Å². The Balaban J connectivity index is 2.35. The Bertz CT molecular complexity index is 465. The van der Waals surface area contributed by atoms with Crippen molar-refractivity contribution in [2.24, 2.45) is 5.92 Å². The zero-order valence-corrected chi connectivity index (χ0v) is 9.60. The van der Waals surface area contributed by atoms with Crippen LogP contribution in [0, 0.1) is 5.92 Å². The first kappa shape index (κ1) is 11.6. The molecule has 0 fully saturated rings. The van der Waals surface area contributed by atoms with Gasteiger partial charge in [-0.1, -0.05) is 6.07 Å². The number of carbonyl (C=O) groups excluding carboxylic acids is 2. The second-order valence-electron chi connectivity index (χ2n) is 4.22. The minimum Gasteiger partial charge on any atom is -0.507 e. The molecule has 0 spiro atoms. The lowest BCUT2D eigenvalue weighted by atomic mass is 9.82. The second-order valence-corrected chi connectivity index (χ2v) is 4.22. The van der Waals surface area contributed by atoms with Gasteiger partial charge in [0.25, 0.3) is 0 Å². The van der Waals surface area contributed by atoms with E-state index < -0.39 is 0 Å². The average molecular weight is 234 g/mol. The summed E-state index contributed by atoms with van der Waals surface area (Å²) < 4.78 is 4.71. The lowest BCUT2D eigenvalue weighted by molar-refractivity contribution is -0.145. The van der Waals surface area contributed by atoms with Crippen molar-refractivity contribution < 1.29 is 19.4 Å². The number of aromatic hydroxyl groups is 1. The first-order valence-corrected chi connectivity index (χ1v) is 5.54. The van der Waals surface area contributed by atoms with Gasteiger partial charge in [-0.25, -0.2) is 0 Å². The minimum atomic E-state index is -0.258. The van der Waals surface area contributed by atoms with Gasteiger partial charge in [0.15, 0.2) is 6.29 Å². The van der Waals surface area contributed by atoms with Gasteiger partial charge < -0.3 is 9.84 Å². The second kappa shape index (κ2) is 4.57. The highest BCUT2D eigenvalue weighted by Crippen LogP contribution is 2.34. The number of phenolic OH excluding ortho intramolecular Hbond substituents is 1. The van der Waals surface area contributed by atoms with E-state index in [1.54, 1.807) is 6.07 Å². The van der Waals surface area contributed by atoms with Gasteiger partial charge in [0, 0.05) is 0 Å². The molecule has 0 heterocycles. The van der Waals surface area contributed by atoms with Crippen molar-refractivity contribution in [3.05, 3.63) is 28.8 Å². The highest BCUT2D eigenvalue weighted by Gasteiger charge is 2.27. The number of methoxy groups -OCH3 is 1. The Morgan fingerprint density at radius 2 is 2.29 bits per heavy atom. The highest BCUT2D eigenvalue weighted by atomic mass is 16.5. The zero-order chi connectivity index (χ0) is 12.4. The van der Waals surface area contributed by atoms with Crippen molar-refractivity contribution in [3.63, 3.8) is 0 Å². The molecule has 17 heavy (non-hydrogen) atoms. The Labute approximate surface area is 99.2 Å². The van der Waals surface area contributed by atoms with Gasteiger partial charge in [-0.05, 0) is 36.5 Å². The monoisotopic (exact) mass is 234 g/mol. The number of esters is 1. The highest BCUT2D eigenvalue weighted by molar-refractivity contribution is 5.81. The summed E-state index contributed by atoms with van der Waals surface area (Å²) in [6.07, 6.45) is 2.51. The maximum atomic E-state index is 11.5. The molecule has 1 aliphatic carbocycles. The Kier molecular flexibility index (Phi) is 3.13. The van der Waals surface area contributed by atoms with Gasteiger partial charge in [-0.15, -0.1) is 0 Å². The first-order valence-electron chi connectivity index (χ1n) is 5.54. The quantitative estimate of drug-likeness (QED) is 0.622. The SMILES string of the molecule is COC(=O)[C@@H]1CCc2ccc(C=O)c(O)c2C1. The van der Waals surface area contributed by atoms with Crippen LogP contribution in [0.1, 0.15) is 27.9 Å². The van der Waals surface area contributed by atoms with Crippen LogP contribution in [0.4, 0.5) is 0 Å². The summed E-state index contributed by atoms with van der Waals surface area (Å²) in [4.78, 5) is 22.2. The molecule has 0 saturated heterocycles. The van der Waals surface area contributed by atoms with Crippen LogP contribution in [0.3, 0.4) is 0 Å². The molecule has 1 aromatic carbocycles. The standard InChI is InChI=1S/C13H14O4/c1-17-13(16)9-4-2-8-3-5-10(7-14)12(15)11(8)6-9/h3,5,7,9,15H,2,4,6H2,1H3/t9-/m1/s1. The summed E-state index contributed by atoms with van der Waals surface area (Å²) >= 11 is 0. The van der Waals surface area contributed by atoms with Gasteiger partial charge in [0.05, 0.1) is 18.6 Å². The fourth-order valence-corrected chi connectivity index (χ4v) is 2.30. The zero-order valence-electron chi connectivity index (χ0n) is 9.60. The predicted molar refractivity (Wildman–Crippen MR) is 61.0 cm³/mol. The molecule has 4 nitrogen and oxygen atoms in total. The van der Waals surface area contributed by atoms with E-state index in [1.165, 1.54) is 7.11 Å². The molecule has 1 N–H and O–H groups in total. The number of ether oxygens (including phenoxy) is 1. The van der Waals surface area contributed by atoms with Crippen molar-refractivity contribution in [2.45, 2.75) is 19.3 Å². The molecule has 0 amide bonds. The average Bonchev–Trinajstić information content (AvgIpc) is 2.38. The van der Waals surface area contributed by atoms with Gasteiger partial charge in [0.1, 0.15) is 5.75 Å². The molecular weight excluding hydrogens is 220 g/mol. The molecule has 1 aromatic rings. The molecule has 0 unspecified atom stereocenters. The summed E-state index contributed by atoms with van der Waals surface area (Å²) in [6.45, 7) is 0. The van der Waals surface area contributed by atoms with Crippen molar-refractivity contribution in [3.8, 4) is 5.75 Å². The molecule has 0 bridgehead atoms.